The number of carbonyl (C=O) groups is 1. The first-order valence-electron chi connectivity index (χ1n) is 8.09. The van der Waals surface area contributed by atoms with Crippen LogP contribution in [0.3, 0.4) is 0 Å². The maximum atomic E-state index is 12.1. The summed E-state index contributed by atoms with van der Waals surface area (Å²) in [5.74, 6) is 0.769. The summed E-state index contributed by atoms with van der Waals surface area (Å²) in [6.07, 6.45) is 2.85. The average Bonchev–Trinajstić information content (AvgIpc) is 3.13. The summed E-state index contributed by atoms with van der Waals surface area (Å²) in [5.41, 5.74) is 0.192. The monoisotopic (exact) mass is 399 g/mol. The van der Waals surface area contributed by atoms with Gasteiger partial charge in [-0.2, -0.15) is 0 Å². The van der Waals surface area contributed by atoms with Crippen LogP contribution in [0, 0.1) is 10.1 Å². The highest BCUT2D eigenvalue weighted by Gasteiger charge is 2.16. The van der Waals surface area contributed by atoms with Crippen molar-refractivity contribution < 1.29 is 24.0 Å². The van der Waals surface area contributed by atoms with Gasteiger partial charge in [0.1, 0.15) is 23.9 Å². The summed E-state index contributed by atoms with van der Waals surface area (Å²) in [6, 6.07) is 13.3. The summed E-state index contributed by atoms with van der Waals surface area (Å²) in [7, 11) is 0. The molecule has 2 aromatic carbocycles. The second-order valence-electron chi connectivity index (χ2n) is 5.71. The second-order valence-corrected chi connectivity index (χ2v) is 6.14. The van der Waals surface area contributed by atoms with Gasteiger partial charge in [0, 0.05) is 16.7 Å². The first-order valence-corrected chi connectivity index (χ1v) is 8.47. The van der Waals surface area contributed by atoms with E-state index in [9.17, 15) is 20.0 Å². The molecule has 0 spiro atoms. The second kappa shape index (κ2) is 8.41. The number of nitro benzene ring substituents is 1. The van der Waals surface area contributed by atoms with Crippen molar-refractivity contribution in [1.82, 2.24) is 0 Å². The molecule has 0 aliphatic carbocycles. The van der Waals surface area contributed by atoms with Crippen LogP contribution in [-0.2, 0) is 6.61 Å². The van der Waals surface area contributed by atoms with Gasteiger partial charge in [0.2, 0.25) is 0 Å². The third-order valence-corrected chi connectivity index (χ3v) is 3.96. The average molecular weight is 400 g/mol. The van der Waals surface area contributed by atoms with Gasteiger partial charge in [-0.1, -0.05) is 11.6 Å². The third kappa shape index (κ3) is 4.77. The molecule has 3 rings (SSSR count). The molecule has 0 bridgehead atoms. The quantitative estimate of drug-likeness (QED) is 0.259. The van der Waals surface area contributed by atoms with Crippen LogP contribution < -0.4 is 4.74 Å². The van der Waals surface area contributed by atoms with E-state index in [0.29, 0.717) is 17.1 Å². The molecule has 28 heavy (non-hydrogen) atoms. The van der Waals surface area contributed by atoms with Gasteiger partial charge in [0.05, 0.1) is 4.92 Å². The summed E-state index contributed by atoms with van der Waals surface area (Å²) in [5, 5.41) is 20.5. The number of nitrogens with zero attached hydrogens (tertiary/aromatic N) is 1. The van der Waals surface area contributed by atoms with E-state index in [1.54, 1.807) is 12.1 Å². The molecule has 0 aliphatic heterocycles. The lowest BCUT2D eigenvalue weighted by Gasteiger charge is -2.05. The summed E-state index contributed by atoms with van der Waals surface area (Å²) in [6.45, 7) is -0.0256. The molecule has 0 saturated heterocycles. The van der Waals surface area contributed by atoms with Crippen molar-refractivity contribution in [3.63, 3.8) is 0 Å². The van der Waals surface area contributed by atoms with Crippen LogP contribution in [0.2, 0.25) is 5.02 Å². The molecule has 3 aromatic rings. The van der Waals surface area contributed by atoms with Gasteiger partial charge >= 0.3 is 5.69 Å². The number of nitro groups is 1. The molecule has 0 fully saturated rings. The van der Waals surface area contributed by atoms with Gasteiger partial charge in [-0.15, -0.1) is 0 Å². The number of phenolic OH excluding ortho intramolecular Hbond substituents is 1. The minimum atomic E-state index is -0.577. The number of furan rings is 1. The van der Waals surface area contributed by atoms with Gasteiger partial charge in [-0.05, 0) is 60.7 Å². The van der Waals surface area contributed by atoms with Gasteiger partial charge in [-0.25, -0.2) is 0 Å². The number of phenols is 1. The zero-order chi connectivity index (χ0) is 20.1. The topological polar surface area (TPSA) is 103 Å². The van der Waals surface area contributed by atoms with E-state index in [-0.39, 0.29) is 34.6 Å². The Kier molecular flexibility index (Phi) is 5.76. The van der Waals surface area contributed by atoms with Crippen molar-refractivity contribution >= 4 is 29.1 Å². The maximum Gasteiger partial charge on any atom is 0.312 e. The lowest BCUT2D eigenvalue weighted by molar-refractivity contribution is -0.385. The zero-order valence-electron chi connectivity index (χ0n) is 14.4. The number of ketones is 1. The van der Waals surface area contributed by atoms with Gasteiger partial charge in [0.15, 0.2) is 11.5 Å². The lowest BCUT2D eigenvalue weighted by Crippen LogP contribution is -1.98. The summed E-state index contributed by atoms with van der Waals surface area (Å²) in [4.78, 5) is 22.6. The molecule has 0 radical (unpaired) electrons. The van der Waals surface area contributed by atoms with E-state index in [1.807, 2.05) is 0 Å². The standard InChI is InChI=1S/C20H14ClNO6/c21-14-3-10-20(18(11-14)22(25)26)27-12-17-7-6-16(28-17)8-9-19(24)13-1-4-15(23)5-2-13/h1-11,23H,12H2/b9-8+. The van der Waals surface area contributed by atoms with Crippen LogP contribution in [0.5, 0.6) is 11.5 Å². The molecule has 1 heterocycles. The van der Waals surface area contributed by atoms with Gasteiger partial charge in [-0.3, -0.25) is 14.9 Å². The predicted molar refractivity (Wildman–Crippen MR) is 103 cm³/mol. The number of rotatable bonds is 7. The minimum absolute atomic E-state index is 0.0256. The molecular formula is C20H14ClNO6. The Morgan fingerprint density at radius 3 is 2.64 bits per heavy atom. The largest absolute Gasteiger partial charge is 0.508 e. The van der Waals surface area contributed by atoms with Gasteiger partial charge < -0.3 is 14.3 Å². The highest BCUT2D eigenvalue weighted by atomic mass is 35.5. The smallest absolute Gasteiger partial charge is 0.312 e. The number of benzene rings is 2. The van der Waals surface area contributed by atoms with Crippen LogP contribution in [0.25, 0.3) is 6.08 Å². The number of hydrogen-bond donors (Lipinski definition) is 1. The van der Waals surface area contributed by atoms with Crippen LogP contribution in [0.4, 0.5) is 5.69 Å². The molecule has 1 N–H and O–H groups in total. The normalized spacial score (nSPS) is 10.9. The number of ether oxygens (including phenoxy) is 1. The van der Waals surface area contributed by atoms with Crippen LogP contribution >= 0.6 is 11.6 Å². The number of aromatic hydroxyl groups is 1. The first-order chi connectivity index (χ1) is 13.4. The van der Waals surface area contributed by atoms with Crippen molar-refractivity contribution in [2.45, 2.75) is 6.61 Å². The van der Waals surface area contributed by atoms with E-state index in [4.69, 9.17) is 20.8 Å². The third-order valence-electron chi connectivity index (χ3n) is 3.72. The van der Waals surface area contributed by atoms with Crippen LogP contribution in [0.15, 0.2) is 65.1 Å². The Bertz CT molecular complexity index is 1040. The fraction of sp³-hybridized carbons (Fsp3) is 0.0500. The molecule has 0 aliphatic rings. The van der Waals surface area contributed by atoms with E-state index < -0.39 is 4.92 Å². The van der Waals surface area contributed by atoms with Crippen LogP contribution in [-0.4, -0.2) is 15.8 Å². The highest BCUT2D eigenvalue weighted by Crippen LogP contribution is 2.30. The Morgan fingerprint density at radius 1 is 1.18 bits per heavy atom. The Balaban J connectivity index is 1.64. The molecule has 0 saturated carbocycles. The summed E-state index contributed by atoms with van der Waals surface area (Å²) >= 11 is 5.77. The molecule has 142 valence electrons. The first kappa shape index (κ1) is 19.2. The Labute approximate surface area is 164 Å². The molecule has 8 heteroatoms. The lowest BCUT2D eigenvalue weighted by atomic mass is 10.1. The summed E-state index contributed by atoms with van der Waals surface area (Å²) < 4.78 is 11.0. The van der Waals surface area contributed by atoms with Crippen molar-refractivity contribution in [2.75, 3.05) is 0 Å². The Hall–Kier alpha value is -3.58. The molecule has 1 aromatic heterocycles. The predicted octanol–water partition coefficient (Wildman–Crippen LogP) is 5.02. The molecule has 7 nitrogen and oxygen atoms in total. The molecule has 0 atom stereocenters. The fourth-order valence-electron chi connectivity index (χ4n) is 2.35. The van der Waals surface area contributed by atoms with E-state index in [1.165, 1.54) is 54.6 Å². The van der Waals surface area contributed by atoms with Crippen LogP contribution in [0.1, 0.15) is 21.9 Å². The number of allylic oxidation sites excluding steroid dienone is 1. The van der Waals surface area contributed by atoms with Crippen molar-refractivity contribution in [2.24, 2.45) is 0 Å². The zero-order valence-corrected chi connectivity index (χ0v) is 15.1. The Morgan fingerprint density at radius 2 is 1.93 bits per heavy atom. The van der Waals surface area contributed by atoms with E-state index in [2.05, 4.69) is 0 Å². The van der Waals surface area contributed by atoms with Crippen molar-refractivity contribution in [3.05, 3.63) is 92.9 Å². The van der Waals surface area contributed by atoms with Crippen molar-refractivity contribution in [3.8, 4) is 11.5 Å². The number of hydrogen-bond acceptors (Lipinski definition) is 6. The maximum absolute atomic E-state index is 12.1. The molecule has 0 amide bonds. The number of halogens is 1. The molecular weight excluding hydrogens is 386 g/mol. The molecule has 0 unspecified atom stereocenters. The van der Waals surface area contributed by atoms with Gasteiger partial charge in [0.25, 0.3) is 0 Å². The van der Waals surface area contributed by atoms with Crippen molar-refractivity contribution in [1.29, 1.82) is 0 Å². The fourth-order valence-corrected chi connectivity index (χ4v) is 2.51. The van der Waals surface area contributed by atoms with E-state index >= 15 is 0 Å². The van der Waals surface area contributed by atoms with E-state index in [0.717, 1.165) is 0 Å². The number of carbonyl (C=O) groups excluding carboxylic acids is 1. The minimum Gasteiger partial charge on any atom is -0.508 e. The highest BCUT2D eigenvalue weighted by molar-refractivity contribution is 6.30. The SMILES string of the molecule is O=C(/C=C/c1ccc(COc2ccc(Cl)cc2[N+](=O)[O-])o1)c1ccc(O)cc1.